The van der Waals surface area contributed by atoms with Gasteiger partial charge in [-0.05, 0) is 28.1 Å². The topological polar surface area (TPSA) is 37.4 Å². The molecule has 0 aliphatic carbocycles. The summed E-state index contributed by atoms with van der Waals surface area (Å²) in [5.41, 5.74) is -0.0200. The van der Waals surface area contributed by atoms with Crippen LogP contribution in [0.5, 0.6) is 0 Å². The number of carbonyl (C=O) groups excluding carboxylic acids is 2. The average Bonchev–Trinajstić information content (AvgIpc) is 2.43. The van der Waals surface area contributed by atoms with Gasteiger partial charge < -0.3 is 0 Å². The van der Waals surface area contributed by atoms with Crippen LogP contribution in [0.3, 0.4) is 0 Å². The summed E-state index contributed by atoms with van der Waals surface area (Å²) < 4.78 is 37.2. The molecule has 3 nitrogen and oxygen atoms in total. The second-order valence-electron chi connectivity index (χ2n) is 3.47. The van der Waals surface area contributed by atoms with Crippen LogP contribution < -0.4 is 4.90 Å². The summed E-state index contributed by atoms with van der Waals surface area (Å²) >= 11 is 3.04. The summed E-state index contributed by atoms with van der Waals surface area (Å²) in [5, 5.41) is 0. The van der Waals surface area contributed by atoms with Crippen LogP contribution in [0.15, 0.2) is 22.7 Å². The molecule has 1 aromatic carbocycles. The van der Waals surface area contributed by atoms with Gasteiger partial charge in [0.1, 0.15) is 6.54 Å². The van der Waals surface area contributed by atoms with Crippen molar-refractivity contribution in [1.29, 1.82) is 0 Å². The Morgan fingerprint density at radius 1 is 1.24 bits per heavy atom. The van der Waals surface area contributed by atoms with Crippen molar-refractivity contribution >= 4 is 33.3 Å². The number of ketones is 1. The van der Waals surface area contributed by atoms with Gasteiger partial charge in [-0.2, -0.15) is 13.2 Å². The molecule has 1 aromatic rings. The van der Waals surface area contributed by atoms with E-state index in [0.717, 1.165) is 0 Å². The van der Waals surface area contributed by atoms with Crippen LogP contribution in [0.25, 0.3) is 0 Å². The predicted molar refractivity (Wildman–Crippen MR) is 56.9 cm³/mol. The molecule has 90 valence electrons. The van der Waals surface area contributed by atoms with Crippen LogP contribution in [-0.2, 0) is 4.79 Å². The van der Waals surface area contributed by atoms with E-state index in [4.69, 9.17) is 0 Å². The minimum absolute atomic E-state index is 0.00769. The fraction of sp³-hybridized carbons (Fsp3) is 0.200. The molecule has 0 saturated carbocycles. The lowest BCUT2D eigenvalue weighted by Gasteiger charge is -2.18. The number of halogens is 4. The Kier molecular flexibility index (Phi) is 2.73. The predicted octanol–water partition coefficient (Wildman–Crippen LogP) is 2.54. The van der Waals surface area contributed by atoms with Crippen LogP contribution in [-0.4, -0.2) is 24.4 Å². The maximum absolute atomic E-state index is 12.3. The summed E-state index contributed by atoms with van der Waals surface area (Å²) in [7, 11) is 0. The molecule has 1 aliphatic rings. The molecular weight excluding hydrogens is 303 g/mol. The van der Waals surface area contributed by atoms with Crippen molar-refractivity contribution in [2.24, 2.45) is 0 Å². The number of fused-ring (bicyclic) bond motifs is 1. The van der Waals surface area contributed by atoms with Gasteiger partial charge in [0.25, 0.3) is 11.7 Å². The molecule has 1 aliphatic heterocycles. The second-order valence-corrected chi connectivity index (χ2v) is 4.32. The third-order valence-corrected chi connectivity index (χ3v) is 2.95. The average molecular weight is 308 g/mol. The van der Waals surface area contributed by atoms with Crippen molar-refractivity contribution < 1.29 is 22.8 Å². The highest BCUT2D eigenvalue weighted by Gasteiger charge is 2.43. The molecule has 1 amide bonds. The zero-order chi connectivity index (χ0) is 12.8. The fourth-order valence-corrected chi connectivity index (χ4v) is 2.17. The summed E-state index contributed by atoms with van der Waals surface area (Å²) in [6.45, 7) is -1.46. The second kappa shape index (κ2) is 3.83. The highest BCUT2D eigenvalue weighted by atomic mass is 79.9. The number of benzene rings is 1. The molecule has 0 N–H and O–H groups in total. The van der Waals surface area contributed by atoms with Crippen molar-refractivity contribution in [3.8, 4) is 0 Å². The number of Topliss-reactive ketones (excluding diaryl/α,β-unsaturated/α-hetero) is 1. The van der Waals surface area contributed by atoms with Gasteiger partial charge >= 0.3 is 6.18 Å². The number of rotatable bonds is 1. The van der Waals surface area contributed by atoms with E-state index >= 15 is 0 Å². The highest BCUT2D eigenvalue weighted by molar-refractivity contribution is 9.10. The van der Waals surface area contributed by atoms with Crippen LogP contribution in [0, 0.1) is 0 Å². The van der Waals surface area contributed by atoms with E-state index < -0.39 is 24.4 Å². The first-order valence-corrected chi connectivity index (χ1v) is 5.32. The van der Waals surface area contributed by atoms with Gasteiger partial charge in [0, 0.05) is 4.47 Å². The molecule has 0 bridgehead atoms. The minimum atomic E-state index is -4.54. The summed E-state index contributed by atoms with van der Waals surface area (Å²) in [4.78, 5) is 23.4. The van der Waals surface area contributed by atoms with Crippen molar-refractivity contribution in [2.75, 3.05) is 11.4 Å². The van der Waals surface area contributed by atoms with Crippen LogP contribution in [0.2, 0.25) is 0 Å². The first-order chi connectivity index (χ1) is 7.81. The number of nitrogens with zero attached hydrogens (tertiary/aromatic N) is 1. The molecule has 0 atom stereocenters. The normalized spacial score (nSPS) is 15.4. The summed E-state index contributed by atoms with van der Waals surface area (Å²) in [6, 6.07) is 4.29. The lowest BCUT2D eigenvalue weighted by atomic mass is 10.1. The quantitative estimate of drug-likeness (QED) is 0.748. The van der Waals surface area contributed by atoms with Crippen LogP contribution in [0.1, 0.15) is 10.4 Å². The van der Waals surface area contributed by atoms with E-state index in [0.29, 0.717) is 9.37 Å². The van der Waals surface area contributed by atoms with Gasteiger partial charge in [0.15, 0.2) is 0 Å². The molecule has 0 fully saturated rings. The van der Waals surface area contributed by atoms with Crippen molar-refractivity contribution in [2.45, 2.75) is 6.18 Å². The van der Waals surface area contributed by atoms with Crippen LogP contribution >= 0.6 is 15.9 Å². The summed E-state index contributed by atoms with van der Waals surface area (Å²) in [6.07, 6.45) is -4.54. The van der Waals surface area contributed by atoms with Gasteiger partial charge in [-0.3, -0.25) is 14.5 Å². The van der Waals surface area contributed by atoms with E-state index in [1.807, 2.05) is 0 Å². The van der Waals surface area contributed by atoms with Gasteiger partial charge in [0.05, 0.1) is 11.3 Å². The molecule has 0 aromatic heterocycles. The fourth-order valence-electron chi connectivity index (χ4n) is 1.64. The molecule has 17 heavy (non-hydrogen) atoms. The zero-order valence-electron chi connectivity index (χ0n) is 8.21. The molecule has 0 radical (unpaired) electrons. The molecule has 7 heteroatoms. The lowest BCUT2D eigenvalue weighted by Crippen LogP contribution is -2.38. The maximum atomic E-state index is 12.3. The summed E-state index contributed by atoms with van der Waals surface area (Å²) in [5.74, 6) is -2.07. The zero-order valence-corrected chi connectivity index (χ0v) is 9.80. The molecule has 1 heterocycles. The first-order valence-electron chi connectivity index (χ1n) is 4.53. The Labute approximate surface area is 102 Å². The Morgan fingerprint density at radius 2 is 1.88 bits per heavy atom. The number of amides is 1. The van der Waals surface area contributed by atoms with Crippen molar-refractivity contribution in [3.63, 3.8) is 0 Å². The number of alkyl halides is 3. The number of carbonyl (C=O) groups is 2. The van der Waals surface area contributed by atoms with Gasteiger partial charge in [-0.1, -0.05) is 6.07 Å². The Morgan fingerprint density at radius 3 is 2.47 bits per heavy atom. The monoisotopic (exact) mass is 307 g/mol. The van der Waals surface area contributed by atoms with Crippen molar-refractivity contribution in [3.05, 3.63) is 28.2 Å². The lowest BCUT2D eigenvalue weighted by molar-refractivity contribution is -0.129. The number of hydrogen-bond acceptors (Lipinski definition) is 2. The third-order valence-electron chi connectivity index (χ3n) is 2.29. The molecule has 0 spiro atoms. The SMILES string of the molecule is O=C1C(=O)N(CC(F)(F)F)c2cccc(Br)c21. The highest BCUT2D eigenvalue weighted by Crippen LogP contribution is 2.35. The van der Waals surface area contributed by atoms with Gasteiger partial charge in [-0.15, -0.1) is 0 Å². The molecular formula is C10H5BrF3NO2. The molecule has 0 saturated heterocycles. The van der Waals surface area contributed by atoms with E-state index in [-0.39, 0.29) is 11.3 Å². The standard InChI is InChI=1S/C10H5BrF3NO2/c11-5-2-1-3-6-7(5)8(16)9(17)15(6)4-10(12,13)14/h1-3H,4H2. The third kappa shape index (κ3) is 2.06. The Balaban J connectivity index is 2.49. The van der Waals surface area contributed by atoms with Gasteiger partial charge in [-0.25, -0.2) is 0 Å². The van der Waals surface area contributed by atoms with E-state index in [2.05, 4.69) is 15.9 Å². The van der Waals surface area contributed by atoms with Gasteiger partial charge in [0.2, 0.25) is 0 Å². The Hall–Kier alpha value is -1.37. The largest absolute Gasteiger partial charge is 0.406 e. The van der Waals surface area contributed by atoms with E-state index in [9.17, 15) is 22.8 Å². The van der Waals surface area contributed by atoms with E-state index in [1.165, 1.54) is 18.2 Å². The first kappa shape index (κ1) is 12.1. The molecule has 2 rings (SSSR count). The smallest absolute Gasteiger partial charge is 0.296 e. The van der Waals surface area contributed by atoms with E-state index in [1.54, 1.807) is 0 Å². The molecule has 0 unspecified atom stereocenters. The minimum Gasteiger partial charge on any atom is -0.296 e. The number of hydrogen-bond donors (Lipinski definition) is 0. The number of anilines is 1. The Bertz CT molecular complexity index is 513. The van der Waals surface area contributed by atoms with Crippen molar-refractivity contribution in [1.82, 2.24) is 0 Å². The maximum Gasteiger partial charge on any atom is 0.406 e. The van der Waals surface area contributed by atoms with Crippen LogP contribution in [0.4, 0.5) is 18.9 Å².